The fourth-order valence-electron chi connectivity index (χ4n) is 3.08. The highest BCUT2D eigenvalue weighted by molar-refractivity contribution is 6.30. The average Bonchev–Trinajstić information content (AvgIpc) is 2.34. The van der Waals surface area contributed by atoms with Crippen molar-refractivity contribution in [3.63, 3.8) is 0 Å². The maximum atomic E-state index is 13.8. The minimum absolute atomic E-state index is 0.164. The van der Waals surface area contributed by atoms with Gasteiger partial charge in [-0.3, -0.25) is 0 Å². The van der Waals surface area contributed by atoms with Gasteiger partial charge in [-0.15, -0.1) is 0 Å². The molecule has 1 aromatic carbocycles. The van der Waals surface area contributed by atoms with Crippen molar-refractivity contribution in [3.05, 3.63) is 34.6 Å². The van der Waals surface area contributed by atoms with E-state index in [1.165, 1.54) is 6.07 Å². The van der Waals surface area contributed by atoms with E-state index in [0.717, 1.165) is 19.3 Å². The lowest BCUT2D eigenvalue weighted by atomic mass is 9.73. The Morgan fingerprint density at radius 2 is 2.11 bits per heavy atom. The number of aliphatic hydroxyl groups is 1. The summed E-state index contributed by atoms with van der Waals surface area (Å²) in [6, 6.07) is 4.81. The Bertz CT molecular complexity index is 433. The van der Waals surface area contributed by atoms with Crippen LogP contribution in [0.4, 0.5) is 4.39 Å². The maximum Gasteiger partial charge on any atom is 0.127 e. The Morgan fingerprint density at radius 1 is 1.37 bits per heavy atom. The molecule has 0 bridgehead atoms. The van der Waals surface area contributed by atoms with E-state index < -0.39 is 0 Å². The van der Waals surface area contributed by atoms with E-state index in [1.807, 2.05) is 0 Å². The normalized spacial score (nSPS) is 27.8. The number of rotatable bonds is 3. The highest BCUT2D eigenvalue weighted by Crippen LogP contribution is 2.36. The summed E-state index contributed by atoms with van der Waals surface area (Å²) in [5.41, 5.74) is 0.665. The van der Waals surface area contributed by atoms with Crippen LogP contribution in [-0.4, -0.2) is 11.2 Å². The SMILES string of the molecule is CC(C)C1CCC(O)C(Cc2ccc(Cl)cc2F)C1. The Morgan fingerprint density at radius 3 is 2.74 bits per heavy atom. The second-order valence-corrected chi connectivity index (χ2v) is 6.52. The zero-order valence-corrected chi connectivity index (χ0v) is 12.3. The topological polar surface area (TPSA) is 20.2 Å². The molecular weight excluding hydrogens is 263 g/mol. The van der Waals surface area contributed by atoms with Gasteiger partial charge in [0.05, 0.1) is 6.10 Å². The van der Waals surface area contributed by atoms with Gasteiger partial charge in [-0.25, -0.2) is 4.39 Å². The molecule has 0 spiro atoms. The summed E-state index contributed by atoms with van der Waals surface area (Å²) >= 11 is 5.76. The largest absolute Gasteiger partial charge is 0.393 e. The third kappa shape index (κ3) is 3.70. The average molecular weight is 285 g/mol. The van der Waals surface area contributed by atoms with Gasteiger partial charge in [-0.1, -0.05) is 31.5 Å². The van der Waals surface area contributed by atoms with Crippen molar-refractivity contribution in [1.82, 2.24) is 0 Å². The highest BCUT2D eigenvalue weighted by Gasteiger charge is 2.31. The first-order valence-corrected chi connectivity index (χ1v) is 7.47. The van der Waals surface area contributed by atoms with Crippen LogP contribution in [0, 0.1) is 23.6 Å². The number of benzene rings is 1. The maximum absolute atomic E-state index is 13.8. The molecule has 1 nitrogen and oxygen atoms in total. The fraction of sp³-hybridized carbons (Fsp3) is 0.625. The molecule has 0 aromatic heterocycles. The van der Waals surface area contributed by atoms with Crippen molar-refractivity contribution >= 4 is 11.6 Å². The predicted octanol–water partition coefficient (Wildman–Crippen LogP) is 4.45. The molecule has 0 amide bonds. The molecule has 106 valence electrons. The monoisotopic (exact) mass is 284 g/mol. The summed E-state index contributed by atoms with van der Waals surface area (Å²) in [5.74, 6) is 1.18. The van der Waals surface area contributed by atoms with E-state index in [9.17, 15) is 9.50 Å². The van der Waals surface area contributed by atoms with Crippen LogP contribution in [0.2, 0.25) is 5.02 Å². The van der Waals surface area contributed by atoms with Gasteiger partial charge in [0.2, 0.25) is 0 Å². The molecule has 3 heteroatoms. The molecule has 1 aromatic rings. The predicted molar refractivity (Wildman–Crippen MR) is 76.8 cm³/mol. The number of halogens is 2. The van der Waals surface area contributed by atoms with Crippen molar-refractivity contribution in [1.29, 1.82) is 0 Å². The molecule has 1 N–H and O–H groups in total. The van der Waals surface area contributed by atoms with Gasteiger partial charge in [0.1, 0.15) is 5.82 Å². The van der Waals surface area contributed by atoms with Gasteiger partial charge in [-0.05, 0) is 61.1 Å². The molecule has 0 aliphatic heterocycles. The highest BCUT2D eigenvalue weighted by atomic mass is 35.5. The molecule has 0 saturated heterocycles. The molecule has 19 heavy (non-hydrogen) atoms. The lowest BCUT2D eigenvalue weighted by molar-refractivity contribution is 0.0375. The van der Waals surface area contributed by atoms with Crippen molar-refractivity contribution in [2.24, 2.45) is 17.8 Å². The summed E-state index contributed by atoms with van der Waals surface area (Å²) in [5, 5.41) is 10.5. The van der Waals surface area contributed by atoms with Crippen LogP contribution in [0.15, 0.2) is 18.2 Å². The minimum atomic E-state index is -0.301. The first kappa shape index (κ1) is 14.8. The number of hydrogen-bond donors (Lipinski definition) is 1. The number of hydrogen-bond acceptors (Lipinski definition) is 1. The van der Waals surface area contributed by atoms with E-state index >= 15 is 0 Å². The molecule has 1 aliphatic rings. The molecular formula is C16H22ClFO. The smallest absolute Gasteiger partial charge is 0.127 e. The van der Waals surface area contributed by atoms with E-state index in [-0.39, 0.29) is 17.8 Å². The van der Waals surface area contributed by atoms with Gasteiger partial charge in [0.25, 0.3) is 0 Å². The van der Waals surface area contributed by atoms with Crippen LogP contribution in [0.3, 0.4) is 0 Å². The molecule has 1 aliphatic carbocycles. The van der Waals surface area contributed by atoms with E-state index in [0.29, 0.717) is 28.8 Å². The molecule has 3 atom stereocenters. The van der Waals surface area contributed by atoms with Crippen molar-refractivity contribution < 1.29 is 9.50 Å². The quantitative estimate of drug-likeness (QED) is 0.869. The molecule has 1 fully saturated rings. The third-order valence-electron chi connectivity index (χ3n) is 4.42. The summed E-state index contributed by atoms with van der Waals surface area (Å²) in [4.78, 5) is 0. The zero-order chi connectivity index (χ0) is 14.0. The molecule has 1 saturated carbocycles. The Kier molecular flexibility index (Phi) is 4.86. The van der Waals surface area contributed by atoms with E-state index in [1.54, 1.807) is 12.1 Å². The lowest BCUT2D eigenvalue weighted by Gasteiger charge is -2.35. The fourth-order valence-corrected chi connectivity index (χ4v) is 3.24. The summed E-state index contributed by atoms with van der Waals surface area (Å²) in [7, 11) is 0. The summed E-state index contributed by atoms with van der Waals surface area (Å²) in [6.07, 6.45) is 3.21. The van der Waals surface area contributed by atoms with Gasteiger partial charge in [0, 0.05) is 5.02 Å². The molecule has 0 heterocycles. The first-order valence-electron chi connectivity index (χ1n) is 7.09. The molecule has 0 radical (unpaired) electrons. The van der Waals surface area contributed by atoms with Crippen LogP contribution in [-0.2, 0) is 6.42 Å². The molecule has 2 rings (SSSR count). The van der Waals surface area contributed by atoms with Crippen LogP contribution in [0.25, 0.3) is 0 Å². The summed E-state index contributed by atoms with van der Waals surface area (Å²) < 4.78 is 13.8. The van der Waals surface area contributed by atoms with Gasteiger partial charge < -0.3 is 5.11 Å². The first-order chi connectivity index (χ1) is 8.97. The van der Waals surface area contributed by atoms with Crippen LogP contribution in [0.5, 0.6) is 0 Å². The van der Waals surface area contributed by atoms with Crippen molar-refractivity contribution in [2.45, 2.75) is 45.6 Å². The van der Waals surface area contributed by atoms with E-state index in [4.69, 9.17) is 11.6 Å². The minimum Gasteiger partial charge on any atom is -0.393 e. The summed E-state index contributed by atoms with van der Waals surface area (Å²) in [6.45, 7) is 4.45. The standard InChI is InChI=1S/C16H22ClFO/c1-10(2)11-4-6-16(19)13(7-11)8-12-3-5-14(17)9-15(12)18/h3,5,9-11,13,16,19H,4,6-8H2,1-2H3. The van der Waals surface area contributed by atoms with Crippen molar-refractivity contribution in [3.8, 4) is 0 Å². The molecule has 3 unspecified atom stereocenters. The van der Waals surface area contributed by atoms with Gasteiger partial charge in [-0.2, -0.15) is 0 Å². The second kappa shape index (κ2) is 6.23. The number of aliphatic hydroxyl groups excluding tert-OH is 1. The Balaban J connectivity index is 2.07. The van der Waals surface area contributed by atoms with Crippen LogP contribution in [0.1, 0.15) is 38.7 Å². The van der Waals surface area contributed by atoms with Crippen LogP contribution >= 0.6 is 11.6 Å². The van der Waals surface area contributed by atoms with Crippen molar-refractivity contribution in [2.75, 3.05) is 0 Å². The van der Waals surface area contributed by atoms with E-state index in [2.05, 4.69) is 13.8 Å². The van der Waals surface area contributed by atoms with Gasteiger partial charge >= 0.3 is 0 Å². The Labute approximate surface area is 119 Å². The zero-order valence-electron chi connectivity index (χ0n) is 11.6. The Hall–Kier alpha value is -0.600. The van der Waals surface area contributed by atoms with Gasteiger partial charge in [0.15, 0.2) is 0 Å². The lowest BCUT2D eigenvalue weighted by Crippen LogP contribution is -2.32. The van der Waals surface area contributed by atoms with Crippen LogP contribution < -0.4 is 0 Å². The third-order valence-corrected chi connectivity index (χ3v) is 4.66. The second-order valence-electron chi connectivity index (χ2n) is 6.08.